The molecule has 0 saturated carbocycles. The van der Waals surface area contributed by atoms with Gasteiger partial charge in [0.25, 0.3) is 0 Å². The third kappa shape index (κ3) is 4.02. The number of hydrogen-bond donors (Lipinski definition) is 0. The Kier molecular flexibility index (Phi) is 5.32. The van der Waals surface area contributed by atoms with Crippen molar-refractivity contribution >= 4 is 14.1 Å². The van der Waals surface area contributed by atoms with Gasteiger partial charge < -0.3 is 4.43 Å². The Hall–Kier alpha value is -1.19. The summed E-state index contributed by atoms with van der Waals surface area (Å²) in [6, 6.07) is 7.99. The predicted molar refractivity (Wildman–Crippen MR) is 99.4 cm³/mol. The second-order valence-electron chi connectivity index (χ2n) is 8.19. The highest BCUT2D eigenvalue weighted by Crippen LogP contribution is 2.36. The summed E-state index contributed by atoms with van der Waals surface area (Å²) in [4.78, 5) is 12.5. The highest BCUT2D eigenvalue weighted by Gasteiger charge is 2.37. The number of ketones is 1. The van der Waals surface area contributed by atoms with E-state index < -0.39 is 8.32 Å². The van der Waals surface area contributed by atoms with E-state index in [1.54, 1.807) is 0 Å². The molecule has 3 heteroatoms. The molecule has 2 unspecified atom stereocenters. The summed E-state index contributed by atoms with van der Waals surface area (Å²) < 4.78 is 6.16. The number of carbonyl (C=O) groups is 1. The molecule has 2 atom stereocenters. The average Bonchev–Trinajstić information content (AvgIpc) is 2.80. The van der Waals surface area contributed by atoms with E-state index in [0.29, 0.717) is 12.4 Å². The topological polar surface area (TPSA) is 26.3 Å². The summed E-state index contributed by atoms with van der Waals surface area (Å²) >= 11 is 0. The van der Waals surface area contributed by atoms with Gasteiger partial charge >= 0.3 is 0 Å². The normalized spacial score (nSPS) is 20.1. The highest BCUT2D eigenvalue weighted by molar-refractivity contribution is 6.74. The Labute approximate surface area is 142 Å². The van der Waals surface area contributed by atoms with Crippen LogP contribution in [0.5, 0.6) is 0 Å². The van der Waals surface area contributed by atoms with Crippen molar-refractivity contribution in [2.24, 2.45) is 11.8 Å². The lowest BCUT2D eigenvalue weighted by atomic mass is 9.90. The Morgan fingerprint density at radius 3 is 2.57 bits per heavy atom. The van der Waals surface area contributed by atoms with Crippen LogP contribution in [0, 0.1) is 11.8 Å². The van der Waals surface area contributed by atoms with Crippen molar-refractivity contribution in [3.8, 4) is 0 Å². The summed E-state index contributed by atoms with van der Waals surface area (Å²) in [6.07, 6.45) is 5.12. The van der Waals surface area contributed by atoms with E-state index in [4.69, 9.17) is 4.43 Å². The van der Waals surface area contributed by atoms with Gasteiger partial charge in [0.15, 0.2) is 14.1 Å². The molecule has 0 radical (unpaired) electrons. The molecule has 0 N–H and O–H groups in total. The molecular formula is C20H30O2Si. The second-order valence-corrected chi connectivity index (χ2v) is 13.0. The molecule has 0 bridgehead atoms. The third-order valence-electron chi connectivity index (χ3n) is 5.48. The van der Waals surface area contributed by atoms with E-state index in [0.717, 1.165) is 12.0 Å². The fourth-order valence-electron chi connectivity index (χ4n) is 2.77. The molecule has 0 amide bonds. The minimum absolute atomic E-state index is 0.0801. The van der Waals surface area contributed by atoms with Gasteiger partial charge in [-0.2, -0.15) is 0 Å². The molecule has 23 heavy (non-hydrogen) atoms. The van der Waals surface area contributed by atoms with Gasteiger partial charge in [0, 0.05) is 11.5 Å². The SMILES string of the molecule is CC(/C=C/CO[Si](C)(C)C(C)(C)C)C1Cc2ccccc2C1=O. The Morgan fingerprint density at radius 1 is 1.30 bits per heavy atom. The van der Waals surface area contributed by atoms with Gasteiger partial charge in [0.2, 0.25) is 0 Å². The minimum atomic E-state index is -1.69. The third-order valence-corrected chi connectivity index (χ3v) is 9.98. The van der Waals surface area contributed by atoms with Gasteiger partial charge in [0.05, 0.1) is 6.61 Å². The standard InChI is InChI=1S/C20H30O2Si/c1-15(10-9-13-22-23(5,6)20(2,3)4)18-14-16-11-7-8-12-17(16)19(18)21/h7-12,15,18H,13-14H2,1-6H3/b10-9+. The molecule has 1 aliphatic carbocycles. The van der Waals surface area contributed by atoms with Crippen molar-refractivity contribution in [2.75, 3.05) is 6.61 Å². The van der Waals surface area contributed by atoms with Gasteiger partial charge in [-0.3, -0.25) is 4.79 Å². The van der Waals surface area contributed by atoms with Crippen LogP contribution in [0.3, 0.4) is 0 Å². The zero-order valence-electron chi connectivity index (χ0n) is 15.3. The average molecular weight is 331 g/mol. The van der Waals surface area contributed by atoms with Crippen LogP contribution < -0.4 is 0 Å². The Bertz CT molecular complexity index is 596. The molecule has 1 aromatic carbocycles. The first-order valence-electron chi connectivity index (χ1n) is 8.56. The summed E-state index contributed by atoms with van der Waals surface area (Å²) in [5.41, 5.74) is 2.11. The van der Waals surface area contributed by atoms with E-state index in [-0.39, 0.29) is 16.9 Å². The number of rotatable bonds is 5. The molecule has 0 aromatic heterocycles. The van der Waals surface area contributed by atoms with Crippen LogP contribution >= 0.6 is 0 Å². The Morgan fingerprint density at radius 2 is 1.96 bits per heavy atom. The molecule has 0 heterocycles. The maximum atomic E-state index is 12.5. The lowest BCUT2D eigenvalue weighted by Crippen LogP contribution is -2.40. The van der Waals surface area contributed by atoms with E-state index >= 15 is 0 Å². The van der Waals surface area contributed by atoms with Crippen molar-refractivity contribution < 1.29 is 9.22 Å². The van der Waals surface area contributed by atoms with Gasteiger partial charge in [-0.1, -0.05) is 64.1 Å². The molecule has 0 spiro atoms. The molecule has 1 aromatic rings. The molecule has 2 rings (SSSR count). The second kappa shape index (κ2) is 6.74. The fourth-order valence-corrected chi connectivity index (χ4v) is 3.72. The first kappa shape index (κ1) is 18.1. The van der Waals surface area contributed by atoms with E-state index in [1.165, 1.54) is 5.56 Å². The lowest BCUT2D eigenvalue weighted by molar-refractivity contribution is 0.0914. The number of carbonyl (C=O) groups excluding carboxylic acids is 1. The zero-order chi connectivity index (χ0) is 17.3. The largest absolute Gasteiger partial charge is 0.413 e. The maximum absolute atomic E-state index is 12.5. The van der Waals surface area contributed by atoms with Crippen LogP contribution in [0.25, 0.3) is 0 Å². The van der Waals surface area contributed by atoms with Gasteiger partial charge in [-0.25, -0.2) is 0 Å². The summed E-state index contributed by atoms with van der Waals surface area (Å²) in [6.45, 7) is 14.1. The van der Waals surface area contributed by atoms with Gasteiger partial charge in [0.1, 0.15) is 0 Å². The highest BCUT2D eigenvalue weighted by atomic mass is 28.4. The van der Waals surface area contributed by atoms with Crippen LogP contribution in [0.2, 0.25) is 18.1 Å². The lowest BCUT2D eigenvalue weighted by Gasteiger charge is -2.35. The van der Waals surface area contributed by atoms with E-state index in [2.05, 4.69) is 59.0 Å². The van der Waals surface area contributed by atoms with E-state index in [1.807, 2.05) is 18.2 Å². The minimum Gasteiger partial charge on any atom is -0.413 e. The zero-order valence-corrected chi connectivity index (χ0v) is 16.3. The smallest absolute Gasteiger partial charge is 0.192 e. The number of allylic oxidation sites excluding steroid dienone is 1. The summed E-state index contributed by atoms with van der Waals surface area (Å²) in [5.74, 6) is 0.623. The fraction of sp³-hybridized carbons (Fsp3) is 0.550. The maximum Gasteiger partial charge on any atom is 0.192 e. The predicted octanol–water partition coefficient (Wildman–Crippen LogP) is 5.26. The molecule has 126 valence electrons. The van der Waals surface area contributed by atoms with Crippen molar-refractivity contribution in [2.45, 2.75) is 52.2 Å². The van der Waals surface area contributed by atoms with Crippen molar-refractivity contribution in [1.82, 2.24) is 0 Å². The number of Topliss-reactive ketones (excluding diaryl/α,β-unsaturated/α-hetero) is 1. The van der Waals surface area contributed by atoms with Crippen LogP contribution in [-0.4, -0.2) is 20.7 Å². The Balaban J connectivity index is 1.91. The van der Waals surface area contributed by atoms with Crippen molar-refractivity contribution in [3.05, 3.63) is 47.5 Å². The number of hydrogen-bond acceptors (Lipinski definition) is 2. The first-order chi connectivity index (χ1) is 10.6. The van der Waals surface area contributed by atoms with Crippen molar-refractivity contribution in [1.29, 1.82) is 0 Å². The number of fused-ring (bicyclic) bond motifs is 1. The molecule has 0 saturated heterocycles. The van der Waals surface area contributed by atoms with Gasteiger partial charge in [-0.15, -0.1) is 0 Å². The monoisotopic (exact) mass is 330 g/mol. The van der Waals surface area contributed by atoms with Gasteiger partial charge in [-0.05, 0) is 36.0 Å². The molecule has 0 aliphatic heterocycles. The quantitative estimate of drug-likeness (QED) is 0.544. The summed E-state index contributed by atoms with van der Waals surface area (Å²) in [7, 11) is -1.69. The van der Waals surface area contributed by atoms with Crippen LogP contribution in [0.4, 0.5) is 0 Å². The molecular weight excluding hydrogens is 300 g/mol. The van der Waals surface area contributed by atoms with Crippen LogP contribution in [0.15, 0.2) is 36.4 Å². The first-order valence-corrected chi connectivity index (χ1v) is 11.5. The van der Waals surface area contributed by atoms with Crippen LogP contribution in [0.1, 0.15) is 43.6 Å². The summed E-state index contributed by atoms with van der Waals surface area (Å²) in [5, 5.41) is 0.232. The van der Waals surface area contributed by atoms with Crippen molar-refractivity contribution in [3.63, 3.8) is 0 Å². The van der Waals surface area contributed by atoms with Crippen LogP contribution in [-0.2, 0) is 10.8 Å². The molecule has 2 nitrogen and oxygen atoms in total. The molecule has 0 fully saturated rings. The number of benzene rings is 1. The molecule has 1 aliphatic rings. The van der Waals surface area contributed by atoms with E-state index in [9.17, 15) is 4.79 Å².